The van der Waals surface area contributed by atoms with Gasteiger partial charge in [-0.2, -0.15) is 5.10 Å². The average Bonchev–Trinajstić information content (AvgIpc) is 2.99. The van der Waals surface area contributed by atoms with Crippen molar-refractivity contribution in [3.05, 3.63) is 77.6 Å². The number of nitrogens with zero attached hydrogens (tertiary/aromatic N) is 3. The normalized spacial score (nSPS) is 15.0. The Morgan fingerprint density at radius 1 is 1.00 bits per heavy atom. The average molecular weight is 347 g/mol. The fourth-order valence-corrected chi connectivity index (χ4v) is 3.36. The van der Waals surface area contributed by atoms with Gasteiger partial charge in [-0.3, -0.25) is 4.90 Å². The predicted octanol–water partition coefficient (Wildman–Crippen LogP) is 4.00. The molecular weight excluding hydrogens is 322 g/mol. The predicted molar refractivity (Wildman–Crippen MR) is 104 cm³/mol. The molecule has 0 amide bonds. The molecule has 134 valence electrons. The van der Waals surface area contributed by atoms with Crippen LogP contribution >= 0.6 is 0 Å². The molecule has 0 saturated carbocycles. The minimum atomic E-state index is 0.614. The Kier molecular flexibility index (Phi) is 4.76. The number of para-hydroxylation sites is 1. The second-order valence-electron chi connectivity index (χ2n) is 7.20. The van der Waals surface area contributed by atoms with Crippen molar-refractivity contribution in [2.24, 2.45) is 5.92 Å². The number of likely N-dealkylation sites (tertiary alicyclic amines) is 1. The van der Waals surface area contributed by atoms with Crippen LogP contribution in [0.25, 0.3) is 5.69 Å². The first-order valence-corrected chi connectivity index (χ1v) is 9.20. The monoisotopic (exact) mass is 347 g/mol. The Morgan fingerprint density at radius 3 is 2.46 bits per heavy atom. The molecule has 1 aliphatic heterocycles. The van der Waals surface area contributed by atoms with Crippen LogP contribution in [0.15, 0.2) is 60.8 Å². The van der Waals surface area contributed by atoms with E-state index in [0.717, 1.165) is 43.4 Å². The molecule has 0 N–H and O–H groups in total. The molecule has 4 nitrogen and oxygen atoms in total. The Morgan fingerprint density at radius 2 is 1.73 bits per heavy atom. The summed E-state index contributed by atoms with van der Waals surface area (Å²) in [6.07, 6.45) is 2.16. The number of benzene rings is 2. The first-order chi connectivity index (χ1) is 12.7. The highest BCUT2D eigenvalue weighted by Gasteiger charge is 2.28. The van der Waals surface area contributed by atoms with Gasteiger partial charge in [-0.25, -0.2) is 4.68 Å². The molecule has 1 saturated heterocycles. The van der Waals surface area contributed by atoms with Gasteiger partial charge >= 0.3 is 0 Å². The van der Waals surface area contributed by atoms with Crippen molar-refractivity contribution in [1.82, 2.24) is 14.7 Å². The summed E-state index contributed by atoms with van der Waals surface area (Å²) in [5.74, 6) is 1.57. The molecule has 0 unspecified atom stereocenters. The third-order valence-corrected chi connectivity index (χ3v) is 4.95. The highest BCUT2D eigenvalue weighted by molar-refractivity contribution is 5.35. The van der Waals surface area contributed by atoms with Crippen LogP contribution < -0.4 is 4.74 Å². The van der Waals surface area contributed by atoms with E-state index in [9.17, 15) is 0 Å². The molecule has 0 spiro atoms. The Hall–Kier alpha value is -2.59. The molecule has 26 heavy (non-hydrogen) atoms. The van der Waals surface area contributed by atoms with E-state index in [1.165, 1.54) is 11.1 Å². The number of ether oxygens (including phenoxy) is 1. The number of aryl methyl sites for hydroxylation is 2. The maximum absolute atomic E-state index is 5.86. The third-order valence-electron chi connectivity index (χ3n) is 4.95. The second-order valence-corrected chi connectivity index (χ2v) is 7.20. The lowest BCUT2D eigenvalue weighted by atomic mass is 10.0. The van der Waals surface area contributed by atoms with Crippen molar-refractivity contribution in [2.45, 2.75) is 20.4 Å². The lowest BCUT2D eigenvalue weighted by Crippen LogP contribution is -2.48. The maximum atomic E-state index is 5.86. The number of hydrogen-bond donors (Lipinski definition) is 0. The summed E-state index contributed by atoms with van der Waals surface area (Å²) >= 11 is 0. The smallest absolute Gasteiger partial charge is 0.119 e. The molecule has 0 bridgehead atoms. The first-order valence-electron chi connectivity index (χ1n) is 9.20. The topological polar surface area (TPSA) is 30.3 Å². The van der Waals surface area contributed by atoms with E-state index in [0.29, 0.717) is 5.92 Å². The van der Waals surface area contributed by atoms with E-state index < -0.39 is 0 Å². The lowest BCUT2D eigenvalue weighted by Gasteiger charge is -2.38. The SMILES string of the molecule is Cc1ccc(-n2cc(CN3CC(COc4ccccc4)C3)c(C)n2)cc1. The standard InChI is InChI=1S/C22H25N3O/c1-17-8-10-21(11-9-17)25-15-20(18(2)23-25)14-24-12-19(13-24)16-26-22-6-4-3-5-7-22/h3-11,15,19H,12-14,16H2,1-2H3. The van der Waals surface area contributed by atoms with Crippen molar-refractivity contribution < 1.29 is 4.74 Å². The van der Waals surface area contributed by atoms with Crippen LogP contribution in [-0.2, 0) is 6.54 Å². The van der Waals surface area contributed by atoms with Gasteiger partial charge in [0.25, 0.3) is 0 Å². The summed E-state index contributed by atoms with van der Waals surface area (Å²) in [5, 5.41) is 4.68. The van der Waals surface area contributed by atoms with E-state index >= 15 is 0 Å². The van der Waals surface area contributed by atoms with Crippen LogP contribution in [0.3, 0.4) is 0 Å². The molecule has 0 atom stereocenters. The maximum Gasteiger partial charge on any atom is 0.119 e. The van der Waals surface area contributed by atoms with E-state index in [1.807, 2.05) is 35.0 Å². The van der Waals surface area contributed by atoms with Crippen molar-refractivity contribution in [3.63, 3.8) is 0 Å². The van der Waals surface area contributed by atoms with Crippen LogP contribution in [0.5, 0.6) is 5.75 Å². The Labute approximate surface area is 155 Å². The summed E-state index contributed by atoms with van der Waals surface area (Å²) in [7, 11) is 0. The van der Waals surface area contributed by atoms with Crippen LogP contribution in [0.2, 0.25) is 0 Å². The summed E-state index contributed by atoms with van der Waals surface area (Å²) in [6.45, 7) is 8.12. The van der Waals surface area contributed by atoms with Gasteiger partial charge in [-0.15, -0.1) is 0 Å². The summed E-state index contributed by atoms with van der Waals surface area (Å²) in [4.78, 5) is 2.46. The van der Waals surface area contributed by atoms with Gasteiger partial charge in [0.05, 0.1) is 18.0 Å². The van der Waals surface area contributed by atoms with Gasteiger partial charge in [0, 0.05) is 37.3 Å². The summed E-state index contributed by atoms with van der Waals surface area (Å²) in [6, 6.07) is 18.5. The first kappa shape index (κ1) is 16.9. The molecule has 4 heteroatoms. The summed E-state index contributed by atoms with van der Waals surface area (Å²) in [5.41, 5.74) is 4.78. The van der Waals surface area contributed by atoms with E-state index in [1.54, 1.807) is 0 Å². The van der Waals surface area contributed by atoms with E-state index in [-0.39, 0.29) is 0 Å². The Bertz CT molecular complexity index is 849. The zero-order chi connectivity index (χ0) is 17.9. The zero-order valence-electron chi connectivity index (χ0n) is 15.4. The molecule has 4 rings (SSSR count). The van der Waals surface area contributed by atoms with Crippen molar-refractivity contribution in [2.75, 3.05) is 19.7 Å². The highest BCUT2D eigenvalue weighted by Crippen LogP contribution is 2.22. The molecule has 1 aromatic heterocycles. The van der Waals surface area contributed by atoms with Crippen LogP contribution in [0.4, 0.5) is 0 Å². The van der Waals surface area contributed by atoms with Crippen LogP contribution in [-0.4, -0.2) is 34.4 Å². The van der Waals surface area contributed by atoms with Gasteiger partial charge in [0.15, 0.2) is 0 Å². The van der Waals surface area contributed by atoms with Gasteiger partial charge in [0.2, 0.25) is 0 Å². The summed E-state index contributed by atoms with van der Waals surface area (Å²) < 4.78 is 7.85. The minimum absolute atomic E-state index is 0.614. The van der Waals surface area contributed by atoms with Gasteiger partial charge in [-0.05, 0) is 38.1 Å². The fourth-order valence-electron chi connectivity index (χ4n) is 3.36. The molecule has 1 fully saturated rings. The van der Waals surface area contributed by atoms with Crippen molar-refractivity contribution in [1.29, 1.82) is 0 Å². The largest absolute Gasteiger partial charge is 0.493 e. The van der Waals surface area contributed by atoms with Crippen LogP contribution in [0, 0.1) is 19.8 Å². The van der Waals surface area contributed by atoms with Gasteiger partial charge in [0.1, 0.15) is 5.75 Å². The van der Waals surface area contributed by atoms with E-state index in [4.69, 9.17) is 4.74 Å². The van der Waals surface area contributed by atoms with Crippen LogP contribution in [0.1, 0.15) is 16.8 Å². The molecular formula is C22H25N3O. The van der Waals surface area contributed by atoms with Crippen molar-refractivity contribution >= 4 is 0 Å². The van der Waals surface area contributed by atoms with E-state index in [2.05, 4.69) is 54.3 Å². The quantitative estimate of drug-likeness (QED) is 0.675. The minimum Gasteiger partial charge on any atom is -0.493 e. The number of rotatable bonds is 6. The van der Waals surface area contributed by atoms with Crippen molar-refractivity contribution in [3.8, 4) is 11.4 Å². The molecule has 0 aliphatic carbocycles. The number of hydrogen-bond acceptors (Lipinski definition) is 3. The molecule has 3 aromatic rings. The van der Waals surface area contributed by atoms with Gasteiger partial charge in [-0.1, -0.05) is 35.9 Å². The Balaban J connectivity index is 1.30. The molecule has 2 heterocycles. The molecule has 1 aliphatic rings. The molecule has 0 radical (unpaired) electrons. The lowest BCUT2D eigenvalue weighted by molar-refractivity contribution is 0.0556. The second kappa shape index (κ2) is 7.34. The van der Waals surface area contributed by atoms with Gasteiger partial charge < -0.3 is 4.74 Å². The highest BCUT2D eigenvalue weighted by atomic mass is 16.5. The molecule has 2 aromatic carbocycles. The third kappa shape index (κ3) is 3.81. The number of aromatic nitrogens is 2. The zero-order valence-corrected chi connectivity index (χ0v) is 15.4. The fraction of sp³-hybridized carbons (Fsp3) is 0.318.